The fourth-order valence-corrected chi connectivity index (χ4v) is 1.02. The van der Waals surface area contributed by atoms with E-state index in [-0.39, 0.29) is 11.6 Å². The van der Waals surface area contributed by atoms with Crippen LogP contribution in [0.2, 0.25) is 0 Å². The molecule has 16 heavy (non-hydrogen) atoms. The number of benzene rings is 1. The average Bonchev–Trinajstić information content (AvgIpc) is 2.28. The fraction of sp³-hybridized carbons (Fsp3) is 0.538. The number of phenolic OH excluding ortho intramolecular Hbond substituents is 1. The number of rotatable bonds is 2. The summed E-state index contributed by atoms with van der Waals surface area (Å²) in [7, 11) is 3.70. The van der Waals surface area contributed by atoms with Gasteiger partial charge in [-0.2, -0.15) is 0 Å². The standard InChI is InChI=1S/C9H12FNO.2C2H6/c1-11(2)6-7-5-8(12)3-4-9(7)10;2*1-2/h3-5,12H,6H2,1-2H3;2*1-2H3. The van der Waals surface area contributed by atoms with Crippen molar-refractivity contribution in [1.82, 2.24) is 4.90 Å². The second-order valence-electron chi connectivity index (χ2n) is 3.01. The Hall–Kier alpha value is -1.09. The van der Waals surface area contributed by atoms with E-state index >= 15 is 0 Å². The highest BCUT2D eigenvalue weighted by molar-refractivity contribution is 5.28. The lowest BCUT2D eigenvalue weighted by molar-refractivity contribution is 0.390. The average molecular weight is 229 g/mol. The van der Waals surface area contributed by atoms with Crippen molar-refractivity contribution >= 4 is 0 Å². The second-order valence-corrected chi connectivity index (χ2v) is 3.01. The molecule has 0 spiro atoms. The van der Waals surface area contributed by atoms with Gasteiger partial charge in [-0.05, 0) is 32.3 Å². The molecule has 94 valence electrons. The van der Waals surface area contributed by atoms with Crippen LogP contribution >= 0.6 is 0 Å². The molecule has 0 saturated carbocycles. The third-order valence-corrected chi connectivity index (χ3v) is 1.52. The molecule has 0 unspecified atom stereocenters. The summed E-state index contributed by atoms with van der Waals surface area (Å²) in [6.07, 6.45) is 0. The van der Waals surface area contributed by atoms with Crippen LogP contribution in [0.3, 0.4) is 0 Å². The zero-order chi connectivity index (χ0) is 13.1. The Morgan fingerprint density at radius 1 is 1.12 bits per heavy atom. The lowest BCUT2D eigenvalue weighted by Gasteiger charge is -2.10. The first-order valence-electron chi connectivity index (χ1n) is 5.71. The molecule has 0 aliphatic rings. The molecule has 2 nitrogen and oxygen atoms in total. The molecule has 1 aromatic carbocycles. The number of halogens is 1. The van der Waals surface area contributed by atoms with Crippen molar-refractivity contribution < 1.29 is 9.50 Å². The Kier molecular flexibility index (Phi) is 11.3. The third-order valence-electron chi connectivity index (χ3n) is 1.52. The minimum absolute atomic E-state index is 0.105. The SMILES string of the molecule is CC.CC.CN(C)Cc1cc(O)ccc1F. The van der Waals surface area contributed by atoms with Gasteiger partial charge in [0.15, 0.2) is 0 Å². The molecule has 1 aromatic rings. The van der Waals surface area contributed by atoms with E-state index in [2.05, 4.69) is 0 Å². The van der Waals surface area contributed by atoms with Gasteiger partial charge in [0.05, 0.1) is 0 Å². The van der Waals surface area contributed by atoms with E-state index in [9.17, 15) is 4.39 Å². The molecule has 1 N–H and O–H groups in total. The van der Waals surface area contributed by atoms with Crippen molar-refractivity contribution in [3.05, 3.63) is 29.6 Å². The van der Waals surface area contributed by atoms with Crippen LogP contribution in [0.25, 0.3) is 0 Å². The zero-order valence-corrected chi connectivity index (χ0v) is 11.2. The normalized spacial score (nSPS) is 8.75. The van der Waals surface area contributed by atoms with E-state index in [1.54, 1.807) is 0 Å². The van der Waals surface area contributed by atoms with Gasteiger partial charge in [-0.25, -0.2) is 4.39 Å². The minimum Gasteiger partial charge on any atom is -0.508 e. The van der Waals surface area contributed by atoms with E-state index in [1.807, 2.05) is 46.7 Å². The van der Waals surface area contributed by atoms with Crippen molar-refractivity contribution in [2.75, 3.05) is 14.1 Å². The van der Waals surface area contributed by atoms with Gasteiger partial charge in [0, 0.05) is 12.1 Å². The number of hydrogen-bond acceptors (Lipinski definition) is 2. The van der Waals surface area contributed by atoms with Gasteiger partial charge in [-0.15, -0.1) is 0 Å². The summed E-state index contributed by atoms with van der Waals surface area (Å²) in [5.41, 5.74) is 0.514. The first kappa shape index (κ1) is 17.3. The predicted octanol–water partition coefficient (Wildman–Crippen LogP) is 3.65. The van der Waals surface area contributed by atoms with Crippen LogP contribution in [-0.4, -0.2) is 24.1 Å². The monoisotopic (exact) mass is 229 g/mol. The first-order chi connectivity index (χ1) is 7.59. The summed E-state index contributed by atoms with van der Waals surface area (Å²) < 4.78 is 13.0. The second kappa shape index (κ2) is 10.4. The molecule has 0 fully saturated rings. The van der Waals surface area contributed by atoms with E-state index in [0.29, 0.717) is 12.1 Å². The Balaban J connectivity index is 0. The molecule has 0 radical (unpaired) electrons. The molecule has 0 heterocycles. The van der Waals surface area contributed by atoms with Crippen molar-refractivity contribution in [3.8, 4) is 5.75 Å². The van der Waals surface area contributed by atoms with Crippen LogP contribution in [0.1, 0.15) is 33.3 Å². The van der Waals surface area contributed by atoms with Crippen LogP contribution in [-0.2, 0) is 6.54 Å². The van der Waals surface area contributed by atoms with Crippen LogP contribution in [0.15, 0.2) is 18.2 Å². The van der Waals surface area contributed by atoms with Crippen molar-refractivity contribution in [3.63, 3.8) is 0 Å². The molecule has 0 bridgehead atoms. The van der Waals surface area contributed by atoms with Crippen molar-refractivity contribution in [2.24, 2.45) is 0 Å². The Labute approximate surface area is 98.7 Å². The van der Waals surface area contributed by atoms with Gasteiger partial charge >= 0.3 is 0 Å². The first-order valence-corrected chi connectivity index (χ1v) is 5.71. The van der Waals surface area contributed by atoms with Gasteiger partial charge < -0.3 is 10.0 Å². The van der Waals surface area contributed by atoms with Crippen LogP contribution in [0, 0.1) is 5.82 Å². The van der Waals surface area contributed by atoms with E-state index < -0.39 is 0 Å². The lowest BCUT2D eigenvalue weighted by atomic mass is 10.2. The third kappa shape index (κ3) is 7.23. The number of aromatic hydroxyl groups is 1. The summed E-state index contributed by atoms with van der Waals surface area (Å²) in [6, 6.07) is 4.05. The predicted molar refractivity (Wildman–Crippen MR) is 68.2 cm³/mol. The Morgan fingerprint density at radius 3 is 2.06 bits per heavy atom. The number of hydrogen-bond donors (Lipinski definition) is 1. The molecule has 0 saturated heterocycles. The van der Waals surface area contributed by atoms with Gasteiger partial charge in [0.25, 0.3) is 0 Å². The molecule has 1 rings (SSSR count). The Morgan fingerprint density at radius 2 is 1.62 bits per heavy atom. The molecular formula is C13H24FNO. The Bertz CT molecular complexity index is 275. The lowest BCUT2D eigenvalue weighted by Crippen LogP contribution is -2.11. The molecular weight excluding hydrogens is 205 g/mol. The topological polar surface area (TPSA) is 23.5 Å². The van der Waals surface area contributed by atoms with Gasteiger partial charge in [0.2, 0.25) is 0 Å². The maximum atomic E-state index is 13.0. The highest BCUT2D eigenvalue weighted by atomic mass is 19.1. The molecule has 3 heteroatoms. The zero-order valence-electron chi connectivity index (χ0n) is 11.2. The number of nitrogens with zero attached hydrogens (tertiary/aromatic N) is 1. The van der Waals surface area contributed by atoms with E-state index in [4.69, 9.17) is 5.11 Å². The van der Waals surface area contributed by atoms with Gasteiger partial charge in [0.1, 0.15) is 11.6 Å². The van der Waals surface area contributed by atoms with Crippen LogP contribution in [0.5, 0.6) is 5.75 Å². The molecule has 0 amide bonds. The smallest absolute Gasteiger partial charge is 0.127 e. The summed E-state index contributed by atoms with van der Waals surface area (Å²) in [4.78, 5) is 1.85. The fourth-order valence-electron chi connectivity index (χ4n) is 1.02. The maximum absolute atomic E-state index is 13.0. The summed E-state index contributed by atoms with van der Waals surface area (Å²) in [5.74, 6) is -0.172. The van der Waals surface area contributed by atoms with Crippen molar-refractivity contribution in [1.29, 1.82) is 0 Å². The van der Waals surface area contributed by atoms with Gasteiger partial charge in [-0.1, -0.05) is 27.7 Å². The summed E-state index contributed by atoms with van der Waals surface area (Å²) in [5, 5.41) is 9.07. The minimum atomic E-state index is -0.276. The number of phenols is 1. The highest BCUT2D eigenvalue weighted by Crippen LogP contribution is 2.15. The van der Waals surface area contributed by atoms with E-state index in [1.165, 1.54) is 18.2 Å². The van der Waals surface area contributed by atoms with Crippen LogP contribution in [0.4, 0.5) is 4.39 Å². The van der Waals surface area contributed by atoms with Gasteiger partial charge in [-0.3, -0.25) is 0 Å². The summed E-state index contributed by atoms with van der Waals surface area (Å²) in [6.45, 7) is 8.50. The van der Waals surface area contributed by atoms with E-state index in [0.717, 1.165) is 0 Å². The molecule has 0 aliphatic heterocycles. The molecule has 0 aliphatic carbocycles. The molecule has 0 atom stereocenters. The maximum Gasteiger partial charge on any atom is 0.127 e. The van der Waals surface area contributed by atoms with Crippen molar-refractivity contribution in [2.45, 2.75) is 34.2 Å². The highest BCUT2D eigenvalue weighted by Gasteiger charge is 2.03. The molecule has 0 aromatic heterocycles. The quantitative estimate of drug-likeness (QED) is 0.836. The van der Waals surface area contributed by atoms with Crippen LogP contribution < -0.4 is 0 Å². The summed E-state index contributed by atoms with van der Waals surface area (Å²) >= 11 is 0. The largest absolute Gasteiger partial charge is 0.508 e.